The molecule has 1 aromatic rings. The van der Waals surface area contributed by atoms with Crippen molar-refractivity contribution >= 4 is 29.2 Å². The first-order valence-electron chi connectivity index (χ1n) is 4.53. The van der Waals surface area contributed by atoms with E-state index >= 15 is 0 Å². The van der Waals surface area contributed by atoms with Crippen molar-refractivity contribution < 1.29 is 19.5 Å². The molecular weight excluding hydrogens is 212 g/mol. The van der Waals surface area contributed by atoms with Crippen LogP contribution in [0.5, 0.6) is 0 Å². The predicted molar refractivity (Wildman–Crippen MR) is 55.0 cm³/mol. The van der Waals surface area contributed by atoms with E-state index < -0.39 is 11.9 Å². The van der Waals surface area contributed by atoms with E-state index in [0.29, 0.717) is 11.4 Å². The number of rotatable bonds is 1. The van der Waals surface area contributed by atoms with Crippen molar-refractivity contribution in [3.63, 3.8) is 0 Å². The number of hydrogen-bond donors (Lipinski definition) is 3. The molecule has 3 N–H and O–H groups in total. The standard InChI is InChI=1S/C10H8N2O4/c13-8-4-5-3-6(1-2-7(5)12-8)11-9(14)10(15)16/h1-3H,4H2,(H,11,14)(H,12,13)(H,15,16). The van der Waals surface area contributed by atoms with Crippen LogP contribution in [0.1, 0.15) is 5.56 Å². The molecule has 0 radical (unpaired) electrons. The lowest BCUT2D eigenvalue weighted by Crippen LogP contribution is -2.21. The average Bonchev–Trinajstić information content (AvgIpc) is 2.57. The van der Waals surface area contributed by atoms with Crippen LogP contribution in [0, 0.1) is 0 Å². The highest BCUT2D eigenvalue weighted by Gasteiger charge is 2.18. The van der Waals surface area contributed by atoms with E-state index in [1.807, 2.05) is 0 Å². The van der Waals surface area contributed by atoms with Gasteiger partial charge in [0.2, 0.25) is 5.91 Å². The van der Waals surface area contributed by atoms with Gasteiger partial charge in [0.1, 0.15) is 0 Å². The molecule has 1 aliphatic rings. The Morgan fingerprint density at radius 1 is 1.38 bits per heavy atom. The predicted octanol–water partition coefficient (Wildman–Crippen LogP) is 0.204. The third kappa shape index (κ3) is 1.85. The molecular formula is C10H8N2O4. The first kappa shape index (κ1) is 10.2. The monoisotopic (exact) mass is 220 g/mol. The lowest BCUT2D eigenvalue weighted by Gasteiger charge is -2.04. The zero-order valence-electron chi connectivity index (χ0n) is 8.11. The summed E-state index contributed by atoms with van der Waals surface area (Å²) in [5.74, 6) is -2.76. The summed E-state index contributed by atoms with van der Waals surface area (Å²) in [5, 5.41) is 13.2. The lowest BCUT2D eigenvalue weighted by atomic mass is 10.1. The van der Waals surface area contributed by atoms with Crippen LogP contribution in [0.15, 0.2) is 18.2 Å². The fraction of sp³-hybridized carbons (Fsp3) is 0.100. The minimum atomic E-state index is -1.55. The molecule has 0 unspecified atom stereocenters. The fourth-order valence-electron chi connectivity index (χ4n) is 1.49. The maximum Gasteiger partial charge on any atom is 0.394 e. The second-order valence-electron chi connectivity index (χ2n) is 3.36. The third-order valence-electron chi connectivity index (χ3n) is 2.18. The van der Waals surface area contributed by atoms with Gasteiger partial charge in [0.05, 0.1) is 6.42 Å². The maximum atomic E-state index is 11.0. The molecule has 0 saturated carbocycles. The van der Waals surface area contributed by atoms with Gasteiger partial charge in [-0.1, -0.05) is 0 Å². The van der Waals surface area contributed by atoms with Crippen molar-refractivity contribution in [2.24, 2.45) is 0 Å². The summed E-state index contributed by atoms with van der Waals surface area (Å²) in [6.45, 7) is 0. The van der Waals surface area contributed by atoms with Crippen molar-refractivity contribution in [2.45, 2.75) is 6.42 Å². The highest BCUT2D eigenvalue weighted by Crippen LogP contribution is 2.25. The molecule has 0 fully saturated rings. The molecule has 1 heterocycles. The number of fused-ring (bicyclic) bond motifs is 1. The van der Waals surface area contributed by atoms with E-state index in [1.165, 1.54) is 6.07 Å². The van der Waals surface area contributed by atoms with Crippen LogP contribution in [0.2, 0.25) is 0 Å². The van der Waals surface area contributed by atoms with Gasteiger partial charge in [0.15, 0.2) is 0 Å². The van der Waals surface area contributed by atoms with Crippen LogP contribution in [-0.2, 0) is 20.8 Å². The molecule has 6 nitrogen and oxygen atoms in total. The van der Waals surface area contributed by atoms with Crippen LogP contribution in [0.25, 0.3) is 0 Å². The summed E-state index contributed by atoms with van der Waals surface area (Å²) in [4.78, 5) is 32.2. The van der Waals surface area contributed by atoms with Gasteiger partial charge in [-0.25, -0.2) is 4.79 Å². The van der Waals surface area contributed by atoms with Crippen molar-refractivity contribution in [3.8, 4) is 0 Å². The Bertz CT molecular complexity index is 496. The molecule has 0 spiro atoms. The minimum absolute atomic E-state index is 0.114. The second kappa shape index (κ2) is 3.65. The van der Waals surface area contributed by atoms with Crippen LogP contribution in [0.4, 0.5) is 11.4 Å². The van der Waals surface area contributed by atoms with Crippen LogP contribution in [0.3, 0.4) is 0 Å². The molecule has 1 aliphatic heterocycles. The topological polar surface area (TPSA) is 95.5 Å². The van der Waals surface area contributed by atoms with Crippen molar-refractivity contribution in [3.05, 3.63) is 23.8 Å². The van der Waals surface area contributed by atoms with Crippen molar-refractivity contribution in [1.82, 2.24) is 0 Å². The molecule has 16 heavy (non-hydrogen) atoms. The summed E-state index contributed by atoms with van der Waals surface area (Å²) < 4.78 is 0. The van der Waals surface area contributed by atoms with Crippen molar-refractivity contribution in [2.75, 3.05) is 10.6 Å². The smallest absolute Gasteiger partial charge is 0.394 e. The van der Waals surface area contributed by atoms with Crippen LogP contribution in [-0.4, -0.2) is 22.9 Å². The van der Waals surface area contributed by atoms with E-state index in [2.05, 4.69) is 10.6 Å². The highest BCUT2D eigenvalue weighted by atomic mass is 16.4. The molecule has 6 heteroatoms. The second-order valence-corrected chi connectivity index (χ2v) is 3.36. The van der Waals surface area contributed by atoms with Gasteiger partial charge in [0.25, 0.3) is 0 Å². The quantitative estimate of drug-likeness (QED) is 0.589. The van der Waals surface area contributed by atoms with Crippen LogP contribution >= 0.6 is 0 Å². The molecule has 2 amide bonds. The number of carboxylic acids is 1. The molecule has 2 rings (SSSR count). The normalized spacial score (nSPS) is 12.9. The SMILES string of the molecule is O=C1Cc2cc(NC(=O)C(=O)O)ccc2N1. The summed E-state index contributed by atoms with van der Waals surface area (Å²) in [7, 11) is 0. The highest BCUT2D eigenvalue weighted by molar-refractivity contribution is 6.36. The van der Waals surface area contributed by atoms with Crippen molar-refractivity contribution in [1.29, 1.82) is 0 Å². The Morgan fingerprint density at radius 2 is 2.12 bits per heavy atom. The molecule has 0 bridgehead atoms. The lowest BCUT2D eigenvalue weighted by molar-refractivity contribution is -0.147. The fourth-order valence-corrected chi connectivity index (χ4v) is 1.49. The Balaban J connectivity index is 2.20. The first-order chi connectivity index (χ1) is 7.56. The molecule has 0 saturated heterocycles. The molecule has 0 atom stereocenters. The van der Waals surface area contributed by atoms with Gasteiger partial charge >= 0.3 is 11.9 Å². The number of hydrogen-bond acceptors (Lipinski definition) is 3. The number of benzene rings is 1. The largest absolute Gasteiger partial charge is 0.474 e. The summed E-state index contributed by atoms with van der Waals surface area (Å²) in [6.07, 6.45) is 0.242. The minimum Gasteiger partial charge on any atom is -0.474 e. The molecule has 1 aromatic carbocycles. The van der Waals surface area contributed by atoms with Crippen LogP contribution < -0.4 is 10.6 Å². The zero-order chi connectivity index (χ0) is 11.7. The Morgan fingerprint density at radius 3 is 2.81 bits per heavy atom. The Labute approximate surface area is 90.3 Å². The number of nitrogens with one attached hydrogen (secondary N) is 2. The molecule has 0 aromatic heterocycles. The van der Waals surface area contributed by atoms with Gasteiger partial charge in [-0.2, -0.15) is 0 Å². The summed E-state index contributed by atoms with van der Waals surface area (Å²) >= 11 is 0. The Hall–Kier alpha value is -2.37. The third-order valence-corrected chi connectivity index (χ3v) is 2.18. The molecule has 82 valence electrons. The number of carbonyl (C=O) groups excluding carboxylic acids is 2. The van der Waals surface area contributed by atoms with Gasteiger partial charge in [-0.05, 0) is 23.8 Å². The van der Waals surface area contributed by atoms with E-state index in [0.717, 1.165) is 5.56 Å². The number of amides is 2. The van der Waals surface area contributed by atoms with E-state index in [-0.39, 0.29) is 12.3 Å². The number of aliphatic carboxylic acids is 1. The van der Waals surface area contributed by atoms with Gasteiger partial charge in [0, 0.05) is 11.4 Å². The van der Waals surface area contributed by atoms with Gasteiger partial charge in [-0.3, -0.25) is 9.59 Å². The molecule has 0 aliphatic carbocycles. The summed E-state index contributed by atoms with van der Waals surface area (Å²) in [6, 6.07) is 4.73. The number of anilines is 2. The van der Waals surface area contributed by atoms with E-state index in [4.69, 9.17) is 5.11 Å². The number of carbonyl (C=O) groups is 3. The maximum absolute atomic E-state index is 11.0. The Kier molecular flexibility index (Phi) is 2.32. The average molecular weight is 220 g/mol. The van der Waals surface area contributed by atoms with Gasteiger partial charge < -0.3 is 15.7 Å². The van der Waals surface area contributed by atoms with E-state index in [9.17, 15) is 14.4 Å². The summed E-state index contributed by atoms with van der Waals surface area (Å²) in [5.41, 5.74) is 1.80. The van der Waals surface area contributed by atoms with E-state index in [1.54, 1.807) is 12.1 Å². The number of carboxylic acid groups (broad SMARTS) is 1. The zero-order valence-corrected chi connectivity index (χ0v) is 8.11. The first-order valence-corrected chi connectivity index (χ1v) is 4.53. The van der Waals surface area contributed by atoms with Gasteiger partial charge in [-0.15, -0.1) is 0 Å².